The van der Waals surface area contributed by atoms with Gasteiger partial charge in [0.2, 0.25) is 0 Å². The predicted molar refractivity (Wildman–Crippen MR) is 77.6 cm³/mol. The van der Waals surface area contributed by atoms with Gasteiger partial charge in [0.1, 0.15) is 5.75 Å². The van der Waals surface area contributed by atoms with Crippen LogP contribution < -0.4 is 0 Å². The Balaban J connectivity index is 1.96. The number of hydrogen-bond donors (Lipinski definition) is 2. The van der Waals surface area contributed by atoms with Gasteiger partial charge in [-0.3, -0.25) is 0 Å². The third-order valence-corrected chi connectivity index (χ3v) is 3.14. The van der Waals surface area contributed by atoms with Crippen molar-refractivity contribution >= 4 is 5.97 Å². The fourth-order valence-electron chi connectivity index (χ4n) is 2.05. The number of phenols is 1. The minimum Gasteiger partial charge on any atom is -0.508 e. The summed E-state index contributed by atoms with van der Waals surface area (Å²) in [4.78, 5) is 11.0. The Bertz CT molecular complexity index is 791. The molecule has 104 valence electrons. The van der Waals surface area contributed by atoms with Crippen molar-refractivity contribution in [2.45, 2.75) is 0 Å². The molecular formula is C16H12N2O3. The van der Waals surface area contributed by atoms with Crippen LogP contribution in [0.25, 0.3) is 16.8 Å². The Morgan fingerprint density at radius 1 is 1.05 bits per heavy atom. The molecule has 3 aromatic rings. The van der Waals surface area contributed by atoms with E-state index in [9.17, 15) is 9.90 Å². The fraction of sp³-hybridized carbons (Fsp3) is 0. The van der Waals surface area contributed by atoms with Crippen molar-refractivity contribution in [3.8, 4) is 22.6 Å². The molecule has 0 aliphatic heterocycles. The van der Waals surface area contributed by atoms with Crippen molar-refractivity contribution in [1.29, 1.82) is 0 Å². The first kappa shape index (κ1) is 12.9. The third kappa shape index (κ3) is 2.62. The van der Waals surface area contributed by atoms with Gasteiger partial charge in [-0.05, 0) is 35.9 Å². The Morgan fingerprint density at radius 2 is 1.81 bits per heavy atom. The molecule has 0 spiro atoms. The summed E-state index contributed by atoms with van der Waals surface area (Å²) >= 11 is 0. The Morgan fingerprint density at radius 3 is 2.52 bits per heavy atom. The van der Waals surface area contributed by atoms with Crippen LogP contribution in [-0.4, -0.2) is 26.0 Å². The lowest BCUT2D eigenvalue weighted by molar-refractivity contribution is 0.0697. The summed E-state index contributed by atoms with van der Waals surface area (Å²) in [5, 5.41) is 22.6. The highest BCUT2D eigenvalue weighted by molar-refractivity contribution is 5.88. The van der Waals surface area contributed by atoms with Gasteiger partial charge in [0.25, 0.3) is 0 Å². The van der Waals surface area contributed by atoms with Crippen LogP contribution in [0.4, 0.5) is 0 Å². The van der Waals surface area contributed by atoms with Crippen LogP contribution in [0.3, 0.4) is 0 Å². The smallest absolute Gasteiger partial charge is 0.335 e. The van der Waals surface area contributed by atoms with E-state index in [0.717, 1.165) is 11.1 Å². The van der Waals surface area contributed by atoms with Crippen LogP contribution in [-0.2, 0) is 0 Å². The summed E-state index contributed by atoms with van der Waals surface area (Å²) < 4.78 is 1.62. The first-order chi connectivity index (χ1) is 10.1. The van der Waals surface area contributed by atoms with Gasteiger partial charge >= 0.3 is 5.97 Å². The minimum absolute atomic E-state index is 0.209. The second-order valence-electron chi connectivity index (χ2n) is 4.58. The van der Waals surface area contributed by atoms with Crippen LogP contribution >= 0.6 is 0 Å². The lowest BCUT2D eigenvalue weighted by Crippen LogP contribution is -1.99. The molecule has 1 aromatic heterocycles. The second-order valence-corrected chi connectivity index (χ2v) is 4.58. The predicted octanol–water partition coefficient (Wildman–Crippen LogP) is 2.94. The molecule has 21 heavy (non-hydrogen) atoms. The van der Waals surface area contributed by atoms with E-state index < -0.39 is 5.97 Å². The number of phenolic OH excluding ortho intramolecular Hbond substituents is 1. The fourth-order valence-corrected chi connectivity index (χ4v) is 2.05. The number of carboxylic acids is 1. The van der Waals surface area contributed by atoms with Crippen LogP contribution in [0.2, 0.25) is 0 Å². The Labute approximate surface area is 120 Å². The second kappa shape index (κ2) is 5.13. The number of aromatic carboxylic acids is 1. The minimum atomic E-state index is -0.970. The standard InChI is InChI=1S/C16H12N2O3/c19-15-6-4-11(5-7-15)13-9-17-18(10-13)14-3-1-2-12(8-14)16(20)21/h1-10,19H,(H,20,21). The van der Waals surface area contributed by atoms with E-state index >= 15 is 0 Å². The zero-order chi connectivity index (χ0) is 14.8. The molecule has 0 atom stereocenters. The summed E-state index contributed by atoms with van der Waals surface area (Å²) in [6.07, 6.45) is 3.51. The van der Waals surface area contributed by atoms with Crippen LogP contribution in [0.1, 0.15) is 10.4 Å². The van der Waals surface area contributed by atoms with E-state index in [1.807, 2.05) is 6.20 Å². The highest BCUT2D eigenvalue weighted by Gasteiger charge is 2.07. The summed E-state index contributed by atoms with van der Waals surface area (Å²) in [5.74, 6) is -0.761. The first-order valence-electron chi connectivity index (χ1n) is 6.31. The summed E-state index contributed by atoms with van der Waals surface area (Å²) in [5.41, 5.74) is 2.71. The normalized spacial score (nSPS) is 10.5. The van der Waals surface area contributed by atoms with Crippen molar-refractivity contribution in [3.05, 3.63) is 66.5 Å². The lowest BCUT2D eigenvalue weighted by atomic mass is 10.1. The molecule has 5 nitrogen and oxygen atoms in total. The molecule has 0 fully saturated rings. The molecule has 0 bridgehead atoms. The number of benzene rings is 2. The largest absolute Gasteiger partial charge is 0.508 e. The number of rotatable bonds is 3. The number of aromatic nitrogens is 2. The molecule has 0 saturated carbocycles. The zero-order valence-corrected chi connectivity index (χ0v) is 11.0. The molecule has 0 aliphatic rings. The summed E-state index contributed by atoms with van der Waals surface area (Å²) in [6, 6.07) is 13.4. The molecule has 1 heterocycles. The van der Waals surface area contributed by atoms with E-state index in [-0.39, 0.29) is 11.3 Å². The first-order valence-corrected chi connectivity index (χ1v) is 6.31. The molecule has 2 aromatic carbocycles. The maximum absolute atomic E-state index is 11.0. The SMILES string of the molecule is O=C(O)c1cccc(-n2cc(-c3ccc(O)cc3)cn2)c1. The molecule has 0 unspecified atom stereocenters. The number of carboxylic acid groups (broad SMARTS) is 1. The number of hydrogen-bond acceptors (Lipinski definition) is 3. The van der Waals surface area contributed by atoms with Gasteiger partial charge in [0.15, 0.2) is 0 Å². The van der Waals surface area contributed by atoms with Gasteiger partial charge in [-0.1, -0.05) is 18.2 Å². The number of carbonyl (C=O) groups is 1. The maximum Gasteiger partial charge on any atom is 0.335 e. The quantitative estimate of drug-likeness (QED) is 0.773. The Hall–Kier alpha value is -3.08. The summed E-state index contributed by atoms with van der Waals surface area (Å²) in [7, 11) is 0. The van der Waals surface area contributed by atoms with Crippen molar-refractivity contribution in [2.75, 3.05) is 0 Å². The monoisotopic (exact) mass is 280 g/mol. The van der Waals surface area contributed by atoms with Crippen LogP contribution in [0, 0.1) is 0 Å². The molecule has 0 saturated heterocycles. The average molecular weight is 280 g/mol. The van der Waals surface area contributed by atoms with E-state index in [1.165, 1.54) is 6.07 Å². The van der Waals surface area contributed by atoms with Gasteiger partial charge in [0.05, 0.1) is 17.4 Å². The van der Waals surface area contributed by atoms with E-state index in [4.69, 9.17) is 5.11 Å². The highest BCUT2D eigenvalue weighted by atomic mass is 16.4. The van der Waals surface area contributed by atoms with Gasteiger partial charge in [-0.25, -0.2) is 9.48 Å². The molecule has 2 N–H and O–H groups in total. The van der Waals surface area contributed by atoms with Gasteiger partial charge < -0.3 is 10.2 Å². The molecule has 3 rings (SSSR count). The van der Waals surface area contributed by atoms with Gasteiger partial charge in [0, 0.05) is 11.8 Å². The number of aromatic hydroxyl groups is 1. The van der Waals surface area contributed by atoms with Gasteiger partial charge in [-0.2, -0.15) is 5.10 Å². The van der Waals surface area contributed by atoms with Crippen LogP contribution in [0.15, 0.2) is 60.9 Å². The van der Waals surface area contributed by atoms with E-state index in [0.29, 0.717) is 5.69 Å². The molecule has 0 aliphatic carbocycles. The van der Waals surface area contributed by atoms with Crippen molar-refractivity contribution in [3.63, 3.8) is 0 Å². The van der Waals surface area contributed by atoms with Crippen molar-refractivity contribution in [2.24, 2.45) is 0 Å². The molecule has 0 amide bonds. The number of nitrogens with zero attached hydrogens (tertiary/aromatic N) is 2. The van der Waals surface area contributed by atoms with Gasteiger partial charge in [-0.15, -0.1) is 0 Å². The summed E-state index contributed by atoms with van der Waals surface area (Å²) in [6.45, 7) is 0. The highest BCUT2D eigenvalue weighted by Crippen LogP contribution is 2.22. The topological polar surface area (TPSA) is 75.3 Å². The van der Waals surface area contributed by atoms with E-state index in [2.05, 4.69) is 5.10 Å². The van der Waals surface area contributed by atoms with Crippen molar-refractivity contribution in [1.82, 2.24) is 9.78 Å². The van der Waals surface area contributed by atoms with Crippen molar-refractivity contribution < 1.29 is 15.0 Å². The molecule has 0 radical (unpaired) electrons. The lowest BCUT2D eigenvalue weighted by Gasteiger charge is -2.02. The maximum atomic E-state index is 11.0. The zero-order valence-electron chi connectivity index (χ0n) is 11.0. The van der Waals surface area contributed by atoms with E-state index in [1.54, 1.807) is 53.3 Å². The average Bonchev–Trinajstić information content (AvgIpc) is 2.98. The van der Waals surface area contributed by atoms with Crippen LogP contribution in [0.5, 0.6) is 5.75 Å². The molecule has 5 heteroatoms. The third-order valence-electron chi connectivity index (χ3n) is 3.14. The molecular weight excluding hydrogens is 268 g/mol. The Kier molecular flexibility index (Phi) is 3.16.